The van der Waals surface area contributed by atoms with Crippen LogP contribution in [-0.2, 0) is 11.3 Å². The van der Waals surface area contributed by atoms with Crippen LogP contribution in [0.15, 0.2) is 42.7 Å². The molecule has 5 heteroatoms. The van der Waals surface area contributed by atoms with Gasteiger partial charge in [0.25, 0.3) is 0 Å². The fourth-order valence-corrected chi connectivity index (χ4v) is 1.87. The van der Waals surface area contributed by atoms with Gasteiger partial charge in [-0.15, -0.1) is 0 Å². The van der Waals surface area contributed by atoms with Crippen molar-refractivity contribution in [3.05, 3.63) is 48.3 Å². The lowest BCUT2D eigenvalue weighted by Gasteiger charge is -2.08. The van der Waals surface area contributed by atoms with Gasteiger partial charge in [0.05, 0.1) is 18.4 Å². The zero-order valence-corrected chi connectivity index (χ0v) is 11.8. The number of nitrogens with one attached hydrogen (secondary N) is 2. The van der Waals surface area contributed by atoms with Crippen LogP contribution in [0.5, 0.6) is 0 Å². The third-order valence-corrected chi connectivity index (χ3v) is 2.72. The van der Waals surface area contributed by atoms with E-state index in [1.807, 2.05) is 55.1 Å². The molecule has 0 aliphatic rings. The number of hydrogen-bond donors (Lipinski definition) is 2. The van der Waals surface area contributed by atoms with E-state index < -0.39 is 0 Å². The average molecular weight is 272 g/mol. The van der Waals surface area contributed by atoms with Crippen LogP contribution in [0.3, 0.4) is 0 Å². The van der Waals surface area contributed by atoms with Crippen molar-refractivity contribution < 1.29 is 4.79 Å². The second-order valence-corrected chi connectivity index (χ2v) is 4.95. The maximum atomic E-state index is 11.5. The van der Waals surface area contributed by atoms with Crippen LogP contribution in [0.4, 0.5) is 0 Å². The molecule has 0 saturated heterocycles. The maximum absolute atomic E-state index is 11.5. The zero-order chi connectivity index (χ0) is 14.4. The van der Waals surface area contributed by atoms with Gasteiger partial charge in [-0.25, -0.2) is 4.68 Å². The molecule has 0 aliphatic carbocycles. The predicted molar refractivity (Wildman–Crippen MR) is 78.5 cm³/mol. The Labute approximate surface area is 119 Å². The number of hydrogen-bond acceptors (Lipinski definition) is 3. The SMILES string of the molecule is CC(C)NC(=O)CNCc1cnn(-c2ccccc2)c1. The Kier molecular flexibility index (Phi) is 4.90. The average Bonchev–Trinajstić information content (AvgIpc) is 2.88. The molecule has 1 aromatic heterocycles. The zero-order valence-electron chi connectivity index (χ0n) is 11.8. The van der Waals surface area contributed by atoms with Gasteiger partial charge in [0.15, 0.2) is 0 Å². The number of nitrogens with zero attached hydrogens (tertiary/aromatic N) is 2. The summed E-state index contributed by atoms with van der Waals surface area (Å²) < 4.78 is 1.82. The van der Waals surface area contributed by atoms with Crippen LogP contribution >= 0.6 is 0 Å². The van der Waals surface area contributed by atoms with Crippen molar-refractivity contribution in [1.82, 2.24) is 20.4 Å². The van der Waals surface area contributed by atoms with E-state index in [0.717, 1.165) is 11.3 Å². The Morgan fingerprint density at radius 2 is 2.05 bits per heavy atom. The Bertz CT molecular complexity index is 548. The lowest BCUT2D eigenvalue weighted by molar-refractivity contribution is -0.120. The van der Waals surface area contributed by atoms with E-state index in [1.54, 1.807) is 6.20 Å². The molecular formula is C15H20N4O. The highest BCUT2D eigenvalue weighted by Crippen LogP contribution is 2.07. The molecule has 1 amide bonds. The first-order valence-electron chi connectivity index (χ1n) is 6.74. The number of rotatable bonds is 6. The molecule has 0 saturated carbocycles. The molecule has 20 heavy (non-hydrogen) atoms. The van der Waals surface area contributed by atoms with Crippen molar-refractivity contribution in [2.75, 3.05) is 6.54 Å². The summed E-state index contributed by atoms with van der Waals surface area (Å²) in [5.74, 6) is 0.00968. The summed E-state index contributed by atoms with van der Waals surface area (Å²) in [6.45, 7) is 4.83. The molecule has 1 aromatic carbocycles. The highest BCUT2D eigenvalue weighted by atomic mass is 16.1. The molecule has 2 aromatic rings. The van der Waals surface area contributed by atoms with Crippen molar-refractivity contribution in [3.8, 4) is 5.69 Å². The minimum Gasteiger partial charge on any atom is -0.353 e. The van der Waals surface area contributed by atoms with Crippen LogP contribution in [0, 0.1) is 0 Å². The second kappa shape index (κ2) is 6.86. The lowest BCUT2D eigenvalue weighted by Crippen LogP contribution is -2.37. The van der Waals surface area contributed by atoms with Crippen molar-refractivity contribution >= 4 is 5.91 Å². The highest BCUT2D eigenvalue weighted by Gasteiger charge is 2.04. The molecule has 0 spiro atoms. The number of carbonyl (C=O) groups is 1. The maximum Gasteiger partial charge on any atom is 0.234 e. The molecule has 2 rings (SSSR count). The Morgan fingerprint density at radius 1 is 1.30 bits per heavy atom. The van der Waals surface area contributed by atoms with Gasteiger partial charge in [0, 0.05) is 24.3 Å². The van der Waals surface area contributed by atoms with Gasteiger partial charge >= 0.3 is 0 Å². The minimum atomic E-state index is 0.00968. The van der Waals surface area contributed by atoms with E-state index in [2.05, 4.69) is 15.7 Å². The summed E-state index contributed by atoms with van der Waals surface area (Å²) in [6.07, 6.45) is 3.77. The molecule has 0 atom stereocenters. The standard InChI is InChI=1S/C15H20N4O/c1-12(2)18-15(20)10-16-8-13-9-17-19(11-13)14-6-4-3-5-7-14/h3-7,9,11-12,16H,8,10H2,1-2H3,(H,18,20). The van der Waals surface area contributed by atoms with Gasteiger partial charge in [-0.05, 0) is 26.0 Å². The number of aromatic nitrogens is 2. The van der Waals surface area contributed by atoms with E-state index >= 15 is 0 Å². The third-order valence-electron chi connectivity index (χ3n) is 2.72. The van der Waals surface area contributed by atoms with E-state index in [4.69, 9.17) is 0 Å². The highest BCUT2D eigenvalue weighted by molar-refractivity contribution is 5.78. The van der Waals surface area contributed by atoms with Gasteiger partial charge in [0.2, 0.25) is 5.91 Å². The molecule has 0 unspecified atom stereocenters. The smallest absolute Gasteiger partial charge is 0.234 e. The van der Waals surface area contributed by atoms with Crippen LogP contribution < -0.4 is 10.6 Å². The molecular weight excluding hydrogens is 252 g/mol. The quantitative estimate of drug-likeness (QED) is 0.837. The van der Waals surface area contributed by atoms with Crippen LogP contribution in [0.1, 0.15) is 19.4 Å². The number of benzene rings is 1. The van der Waals surface area contributed by atoms with E-state index in [0.29, 0.717) is 13.1 Å². The lowest BCUT2D eigenvalue weighted by atomic mass is 10.3. The molecule has 2 N–H and O–H groups in total. The topological polar surface area (TPSA) is 59.0 Å². The van der Waals surface area contributed by atoms with Gasteiger partial charge < -0.3 is 10.6 Å². The minimum absolute atomic E-state index is 0.00968. The van der Waals surface area contributed by atoms with Crippen molar-refractivity contribution in [2.45, 2.75) is 26.4 Å². The molecule has 0 aliphatic heterocycles. The summed E-state index contributed by atoms with van der Waals surface area (Å²) in [4.78, 5) is 11.5. The number of carbonyl (C=O) groups excluding carboxylic acids is 1. The van der Waals surface area contributed by atoms with Crippen LogP contribution in [-0.4, -0.2) is 28.3 Å². The Hall–Kier alpha value is -2.14. The summed E-state index contributed by atoms with van der Waals surface area (Å²) in [5.41, 5.74) is 2.07. The van der Waals surface area contributed by atoms with Gasteiger partial charge in [0.1, 0.15) is 0 Å². The van der Waals surface area contributed by atoms with Crippen LogP contribution in [0.2, 0.25) is 0 Å². The first-order chi connectivity index (χ1) is 9.65. The fourth-order valence-electron chi connectivity index (χ4n) is 1.87. The van der Waals surface area contributed by atoms with Gasteiger partial charge in [-0.1, -0.05) is 18.2 Å². The predicted octanol–water partition coefficient (Wildman–Crippen LogP) is 1.49. The number of para-hydroxylation sites is 1. The summed E-state index contributed by atoms with van der Waals surface area (Å²) in [5, 5.41) is 10.3. The Balaban J connectivity index is 1.83. The monoisotopic (exact) mass is 272 g/mol. The van der Waals surface area contributed by atoms with Crippen LogP contribution in [0.25, 0.3) is 5.69 Å². The van der Waals surface area contributed by atoms with Crippen molar-refractivity contribution in [1.29, 1.82) is 0 Å². The van der Waals surface area contributed by atoms with E-state index in [-0.39, 0.29) is 11.9 Å². The summed E-state index contributed by atoms with van der Waals surface area (Å²) in [6, 6.07) is 10.1. The summed E-state index contributed by atoms with van der Waals surface area (Å²) >= 11 is 0. The number of amides is 1. The fraction of sp³-hybridized carbons (Fsp3) is 0.333. The van der Waals surface area contributed by atoms with Gasteiger partial charge in [-0.2, -0.15) is 5.10 Å². The van der Waals surface area contributed by atoms with E-state index in [9.17, 15) is 4.79 Å². The molecule has 0 bridgehead atoms. The normalized spacial score (nSPS) is 10.8. The first kappa shape index (κ1) is 14.3. The van der Waals surface area contributed by atoms with E-state index in [1.165, 1.54) is 0 Å². The summed E-state index contributed by atoms with van der Waals surface area (Å²) in [7, 11) is 0. The van der Waals surface area contributed by atoms with Crippen molar-refractivity contribution in [3.63, 3.8) is 0 Å². The molecule has 5 nitrogen and oxygen atoms in total. The molecule has 106 valence electrons. The van der Waals surface area contributed by atoms with Gasteiger partial charge in [-0.3, -0.25) is 4.79 Å². The second-order valence-electron chi connectivity index (χ2n) is 4.95. The molecule has 0 radical (unpaired) electrons. The third kappa shape index (κ3) is 4.20. The Morgan fingerprint density at radius 3 is 2.75 bits per heavy atom. The largest absolute Gasteiger partial charge is 0.353 e. The van der Waals surface area contributed by atoms with Crippen molar-refractivity contribution in [2.24, 2.45) is 0 Å². The first-order valence-corrected chi connectivity index (χ1v) is 6.74. The molecule has 0 fully saturated rings. The molecule has 1 heterocycles.